The van der Waals surface area contributed by atoms with Crippen LogP contribution in [-0.2, 0) is 0 Å². The summed E-state index contributed by atoms with van der Waals surface area (Å²) >= 11 is 0. The van der Waals surface area contributed by atoms with E-state index < -0.39 is 0 Å². The molecule has 4 rings (SSSR count). The van der Waals surface area contributed by atoms with E-state index in [1.165, 1.54) is 24.0 Å². The zero-order valence-corrected chi connectivity index (χ0v) is 15.4. The number of aromatic nitrogens is 2. The van der Waals surface area contributed by atoms with Crippen LogP contribution >= 0.6 is 0 Å². The minimum atomic E-state index is 0.655. The molecule has 1 saturated heterocycles. The van der Waals surface area contributed by atoms with E-state index in [9.17, 15) is 0 Å². The van der Waals surface area contributed by atoms with Crippen LogP contribution in [0.4, 0.5) is 17.5 Å². The van der Waals surface area contributed by atoms with E-state index in [1.807, 2.05) is 18.2 Å². The predicted molar refractivity (Wildman–Crippen MR) is 108 cm³/mol. The fraction of sp³-hybridized carbons (Fsp3) is 0.273. The van der Waals surface area contributed by atoms with Gasteiger partial charge in [-0.05, 0) is 43.9 Å². The van der Waals surface area contributed by atoms with Gasteiger partial charge >= 0.3 is 0 Å². The van der Waals surface area contributed by atoms with Crippen molar-refractivity contribution in [1.29, 1.82) is 0 Å². The first-order valence-electron chi connectivity index (χ1n) is 9.23. The van der Waals surface area contributed by atoms with Gasteiger partial charge in [-0.1, -0.05) is 42.5 Å². The van der Waals surface area contributed by atoms with Gasteiger partial charge in [0.15, 0.2) is 0 Å². The average molecular weight is 344 g/mol. The molecule has 0 amide bonds. The number of rotatable bonds is 4. The SMILES string of the molecule is Cc1cccc(Nc2nc(-c3ccccc3)cc(N3CCCC3)n2)c1C. The van der Waals surface area contributed by atoms with Crippen LogP contribution in [0.15, 0.2) is 54.6 Å². The lowest BCUT2D eigenvalue weighted by Crippen LogP contribution is -2.19. The van der Waals surface area contributed by atoms with Crippen LogP contribution in [0.5, 0.6) is 0 Å². The number of hydrogen-bond donors (Lipinski definition) is 1. The summed E-state index contributed by atoms with van der Waals surface area (Å²) in [5.74, 6) is 1.66. The van der Waals surface area contributed by atoms with Crippen LogP contribution in [0.1, 0.15) is 24.0 Å². The molecule has 4 heteroatoms. The van der Waals surface area contributed by atoms with Gasteiger partial charge in [-0.15, -0.1) is 0 Å². The van der Waals surface area contributed by atoms with Gasteiger partial charge in [0.2, 0.25) is 5.95 Å². The Hall–Kier alpha value is -2.88. The first-order chi connectivity index (χ1) is 12.7. The van der Waals surface area contributed by atoms with Crippen LogP contribution in [0.25, 0.3) is 11.3 Å². The van der Waals surface area contributed by atoms with E-state index in [0.717, 1.165) is 35.9 Å². The Morgan fingerprint density at radius 1 is 0.885 bits per heavy atom. The molecule has 0 saturated carbocycles. The van der Waals surface area contributed by atoms with Crippen molar-refractivity contribution in [2.75, 3.05) is 23.3 Å². The van der Waals surface area contributed by atoms with E-state index in [0.29, 0.717) is 5.95 Å². The van der Waals surface area contributed by atoms with Gasteiger partial charge < -0.3 is 10.2 Å². The molecule has 0 unspecified atom stereocenters. The molecule has 1 N–H and O–H groups in total. The molecule has 0 aliphatic carbocycles. The molecular weight excluding hydrogens is 320 g/mol. The van der Waals surface area contributed by atoms with Gasteiger partial charge in [-0.25, -0.2) is 4.98 Å². The molecule has 0 spiro atoms. The number of anilines is 3. The molecule has 1 aromatic heterocycles. The van der Waals surface area contributed by atoms with E-state index in [-0.39, 0.29) is 0 Å². The number of nitrogens with zero attached hydrogens (tertiary/aromatic N) is 3. The van der Waals surface area contributed by atoms with Gasteiger partial charge in [0, 0.05) is 30.4 Å². The van der Waals surface area contributed by atoms with Crippen LogP contribution in [0, 0.1) is 13.8 Å². The molecule has 26 heavy (non-hydrogen) atoms. The highest BCUT2D eigenvalue weighted by atomic mass is 15.2. The predicted octanol–water partition coefficient (Wildman–Crippen LogP) is 5.10. The highest BCUT2D eigenvalue weighted by molar-refractivity contribution is 5.68. The normalized spacial score (nSPS) is 13.8. The Labute approximate surface area is 154 Å². The zero-order chi connectivity index (χ0) is 17.9. The monoisotopic (exact) mass is 344 g/mol. The summed E-state index contributed by atoms with van der Waals surface area (Å²) in [6.45, 7) is 6.37. The molecule has 132 valence electrons. The number of hydrogen-bond acceptors (Lipinski definition) is 4. The van der Waals surface area contributed by atoms with Crippen molar-refractivity contribution in [2.24, 2.45) is 0 Å². The van der Waals surface area contributed by atoms with Gasteiger partial charge in [-0.3, -0.25) is 0 Å². The second kappa shape index (κ2) is 7.16. The van der Waals surface area contributed by atoms with Crippen molar-refractivity contribution in [1.82, 2.24) is 9.97 Å². The second-order valence-electron chi connectivity index (χ2n) is 6.87. The fourth-order valence-corrected chi connectivity index (χ4v) is 3.36. The van der Waals surface area contributed by atoms with Crippen LogP contribution < -0.4 is 10.2 Å². The van der Waals surface area contributed by atoms with Crippen molar-refractivity contribution in [3.8, 4) is 11.3 Å². The molecule has 3 aromatic rings. The lowest BCUT2D eigenvalue weighted by atomic mass is 10.1. The largest absolute Gasteiger partial charge is 0.356 e. The smallest absolute Gasteiger partial charge is 0.229 e. The first-order valence-corrected chi connectivity index (χ1v) is 9.23. The van der Waals surface area contributed by atoms with Crippen LogP contribution in [0.2, 0.25) is 0 Å². The molecule has 0 atom stereocenters. The van der Waals surface area contributed by atoms with Crippen molar-refractivity contribution in [3.05, 3.63) is 65.7 Å². The molecule has 0 radical (unpaired) electrons. The Morgan fingerprint density at radius 3 is 2.42 bits per heavy atom. The Balaban J connectivity index is 1.75. The molecular formula is C22H24N4. The van der Waals surface area contributed by atoms with Gasteiger partial charge in [0.25, 0.3) is 0 Å². The van der Waals surface area contributed by atoms with E-state index in [2.05, 4.69) is 60.5 Å². The maximum Gasteiger partial charge on any atom is 0.229 e. The zero-order valence-electron chi connectivity index (χ0n) is 15.4. The third-order valence-electron chi connectivity index (χ3n) is 5.06. The summed E-state index contributed by atoms with van der Waals surface area (Å²) in [6, 6.07) is 18.7. The minimum absolute atomic E-state index is 0.655. The van der Waals surface area contributed by atoms with Crippen molar-refractivity contribution in [2.45, 2.75) is 26.7 Å². The van der Waals surface area contributed by atoms with E-state index in [1.54, 1.807) is 0 Å². The lowest BCUT2D eigenvalue weighted by Gasteiger charge is -2.19. The number of aryl methyl sites for hydroxylation is 1. The van der Waals surface area contributed by atoms with Crippen LogP contribution in [0.3, 0.4) is 0 Å². The molecule has 1 fully saturated rings. The topological polar surface area (TPSA) is 41.1 Å². The molecule has 1 aliphatic rings. The first kappa shape index (κ1) is 16.6. The number of benzene rings is 2. The summed E-state index contributed by atoms with van der Waals surface area (Å²) in [7, 11) is 0. The van der Waals surface area contributed by atoms with Gasteiger partial charge in [0.05, 0.1) is 5.69 Å². The number of nitrogens with one attached hydrogen (secondary N) is 1. The average Bonchev–Trinajstić information content (AvgIpc) is 3.21. The Kier molecular flexibility index (Phi) is 4.57. The summed E-state index contributed by atoms with van der Waals surface area (Å²) in [5.41, 5.74) is 5.61. The molecule has 2 heterocycles. The minimum Gasteiger partial charge on any atom is -0.356 e. The standard InChI is InChI=1S/C22H24N4/c1-16-9-8-12-19(17(16)2)23-22-24-20(18-10-4-3-5-11-18)15-21(25-22)26-13-6-7-14-26/h3-5,8-12,15H,6-7,13-14H2,1-2H3,(H,23,24,25). The van der Waals surface area contributed by atoms with Crippen molar-refractivity contribution in [3.63, 3.8) is 0 Å². The second-order valence-corrected chi connectivity index (χ2v) is 6.87. The third-order valence-corrected chi connectivity index (χ3v) is 5.06. The van der Waals surface area contributed by atoms with Gasteiger partial charge in [0.1, 0.15) is 5.82 Å². The van der Waals surface area contributed by atoms with E-state index in [4.69, 9.17) is 9.97 Å². The van der Waals surface area contributed by atoms with Crippen molar-refractivity contribution < 1.29 is 0 Å². The van der Waals surface area contributed by atoms with Crippen molar-refractivity contribution >= 4 is 17.5 Å². The molecule has 2 aromatic carbocycles. The summed E-state index contributed by atoms with van der Waals surface area (Å²) in [5, 5.41) is 3.44. The molecule has 4 nitrogen and oxygen atoms in total. The summed E-state index contributed by atoms with van der Waals surface area (Å²) < 4.78 is 0. The van der Waals surface area contributed by atoms with Gasteiger partial charge in [-0.2, -0.15) is 4.98 Å². The highest BCUT2D eigenvalue weighted by Gasteiger charge is 2.17. The third kappa shape index (κ3) is 3.40. The fourth-order valence-electron chi connectivity index (χ4n) is 3.36. The lowest BCUT2D eigenvalue weighted by molar-refractivity contribution is 0.931. The Bertz CT molecular complexity index is 899. The Morgan fingerprint density at radius 2 is 1.65 bits per heavy atom. The quantitative estimate of drug-likeness (QED) is 0.714. The van der Waals surface area contributed by atoms with Crippen LogP contribution in [-0.4, -0.2) is 23.1 Å². The maximum atomic E-state index is 4.81. The summed E-state index contributed by atoms with van der Waals surface area (Å²) in [6.07, 6.45) is 2.45. The summed E-state index contributed by atoms with van der Waals surface area (Å²) in [4.78, 5) is 12.0. The molecule has 0 bridgehead atoms. The highest BCUT2D eigenvalue weighted by Crippen LogP contribution is 2.28. The molecule has 1 aliphatic heterocycles. The maximum absolute atomic E-state index is 4.81. The van der Waals surface area contributed by atoms with E-state index >= 15 is 0 Å².